The summed E-state index contributed by atoms with van der Waals surface area (Å²) in [6.45, 7) is 3.80. The molecule has 0 spiro atoms. The minimum Gasteiger partial charge on any atom is -0.355 e. The maximum atomic E-state index is 12.2. The predicted molar refractivity (Wildman–Crippen MR) is 74.1 cm³/mol. The van der Waals surface area contributed by atoms with E-state index in [1.54, 1.807) is 0 Å². The molecule has 2 fully saturated rings. The number of rotatable bonds is 6. The van der Waals surface area contributed by atoms with E-state index in [1.807, 2.05) is 0 Å². The van der Waals surface area contributed by atoms with Crippen LogP contribution in [-0.2, 0) is 4.79 Å². The van der Waals surface area contributed by atoms with Gasteiger partial charge in [-0.15, -0.1) is 0 Å². The lowest BCUT2D eigenvalue weighted by Gasteiger charge is -2.42. The van der Waals surface area contributed by atoms with Gasteiger partial charge < -0.3 is 11.1 Å². The van der Waals surface area contributed by atoms with Crippen LogP contribution in [0.2, 0.25) is 0 Å². The van der Waals surface area contributed by atoms with Crippen LogP contribution in [-0.4, -0.2) is 19.0 Å². The van der Waals surface area contributed by atoms with Crippen molar-refractivity contribution in [2.75, 3.05) is 13.1 Å². The van der Waals surface area contributed by atoms with Crippen LogP contribution in [0, 0.1) is 17.3 Å². The number of nitrogens with two attached hydrogens (primary N) is 1. The zero-order valence-electron chi connectivity index (χ0n) is 11.7. The van der Waals surface area contributed by atoms with E-state index in [0.717, 1.165) is 19.4 Å². The molecule has 2 atom stereocenters. The molecule has 2 aliphatic carbocycles. The molecule has 1 amide bonds. The highest BCUT2D eigenvalue weighted by Gasteiger charge is 2.38. The monoisotopic (exact) mass is 252 g/mol. The van der Waals surface area contributed by atoms with Crippen LogP contribution in [0.4, 0.5) is 0 Å². The first kappa shape index (κ1) is 13.9. The van der Waals surface area contributed by atoms with Gasteiger partial charge in [-0.1, -0.05) is 26.2 Å². The van der Waals surface area contributed by atoms with E-state index in [-0.39, 0.29) is 11.8 Å². The highest BCUT2D eigenvalue weighted by Crippen LogP contribution is 2.44. The third-order valence-electron chi connectivity index (χ3n) is 5.13. The number of nitrogens with one attached hydrogen (secondary N) is 1. The van der Waals surface area contributed by atoms with Crippen molar-refractivity contribution in [2.45, 2.75) is 58.3 Å². The second-order valence-electron chi connectivity index (χ2n) is 6.35. The molecule has 104 valence electrons. The van der Waals surface area contributed by atoms with Crippen molar-refractivity contribution >= 4 is 5.91 Å². The molecule has 2 saturated carbocycles. The second kappa shape index (κ2) is 6.05. The molecular weight excluding hydrogens is 224 g/mol. The van der Waals surface area contributed by atoms with E-state index < -0.39 is 0 Å². The Morgan fingerprint density at radius 3 is 2.67 bits per heavy atom. The van der Waals surface area contributed by atoms with Gasteiger partial charge in [0.15, 0.2) is 0 Å². The van der Waals surface area contributed by atoms with Crippen molar-refractivity contribution in [3.05, 3.63) is 0 Å². The number of hydrogen-bond acceptors (Lipinski definition) is 2. The molecule has 0 aromatic rings. The molecule has 0 radical (unpaired) electrons. The number of hydrogen-bond donors (Lipinski definition) is 2. The van der Waals surface area contributed by atoms with Gasteiger partial charge in [0, 0.05) is 12.5 Å². The molecule has 0 aromatic heterocycles. The Balaban J connectivity index is 1.80. The van der Waals surface area contributed by atoms with Crippen molar-refractivity contribution in [1.82, 2.24) is 5.32 Å². The molecule has 3 N–H and O–H groups in total. The average molecular weight is 252 g/mol. The summed E-state index contributed by atoms with van der Waals surface area (Å²) in [5.41, 5.74) is 6.18. The van der Waals surface area contributed by atoms with Gasteiger partial charge in [0.1, 0.15) is 0 Å². The molecule has 0 saturated heterocycles. The molecule has 0 bridgehead atoms. The SMILES string of the molecule is CCCC1(CNC(=O)[C@@H]2CCC[C@@H]2CN)CCC1. The van der Waals surface area contributed by atoms with Gasteiger partial charge in [-0.05, 0) is 50.0 Å². The smallest absolute Gasteiger partial charge is 0.223 e. The molecule has 0 heterocycles. The predicted octanol–water partition coefficient (Wildman–Crippen LogP) is 2.45. The molecule has 2 rings (SSSR count). The Hall–Kier alpha value is -0.570. The molecule has 18 heavy (non-hydrogen) atoms. The number of carbonyl (C=O) groups is 1. The Morgan fingerprint density at radius 1 is 1.33 bits per heavy atom. The van der Waals surface area contributed by atoms with Crippen LogP contribution in [0.5, 0.6) is 0 Å². The zero-order chi connectivity index (χ0) is 13.0. The minimum absolute atomic E-state index is 0.189. The summed E-state index contributed by atoms with van der Waals surface area (Å²) in [5, 5.41) is 3.22. The zero-order valence-corrected chi connectivity index (χ0v) is 11.7. The summed E-state index contributed by atoms with van der Waals surface area (Å²) in [6, 6.07) is 0. The van der Waals surface area contributed by atoms with Crippen LogP contribution in [0.25, 0.3) is 0 Å². The molecule has 0 unspecified atom stereocenters. The molecule has 0 aromatic carbocycles. The fourth-order valence-electron chi connectivity index (χ4n) is 3.79. The van der Waals surface area contributed by atoms with E-state index in [0.29, 0.717) is 17.9 Å². The molecular formula is C15H28N2O. The third kappa shape index (κ3) is 2.87. The summed E-state index contributed by atoms with van der Waals surface area (Å²) in [4.78, 5) is 12.2. The lowest BCUT2D eigenvalue weighted by molar-refractivity contribution is -0.126. The standard InChI is InChI=1S/C15H28N2O/c1-2-7-15(8-4-9-15)11-17-14(18)13-6-3-5-12(13)10-16/h12-13H,2-11,16H2,1H3,(H,17,18)/t12-,13-/m1/s1. The maximum Gasteiger partial charge on any atom is 0.223 e. The first-order valence-electron chi connectivity index (χ1n) is 7.68. The lowest BCUT2D eigenvalue weighted by atomic mass is 9.66. The van der Waals surface area contributed by atoms with Crippen LogP contribution >= 0.6 is 0 Å². The van der Waals surface area contributed by atoms with Gasteiger partial charge in [-0.3, -0.25) is 4.79 Å². The minimum atomic E-state index is 0.189. The van der Waals surface area contributed by atoms with Crippen molar-refractivity contribution in [2.24, 2.45) is 23.0 Å². The Kier molecular flexibility index (Phi) is 4.66. The Bertz CT molecular complexity index is 286. The lowest BCUT2D eigenvalue weighted by Crippen LogP contribution is -2.44. The summed E-state index contributed by atoms with van der Waals surface area (Å²) < 4.78 is 0. The average Bonchev–Trinajstić information content (AvgIpc) is 2.80. The molecule has 3 heteroatoms. The maximum absolute atomic E-state index is 12.2. The quantitative estimate of drug-likeness (QED) is 0.763. The van der Waals surface area contributed by atoms with Gasteiger partial charge in [0.25, 0.3) is 0 Å². The number of carbonyl (C=O) groups excluding carboxylic acids is 1. The van der Waals surface area contributed by atoms with Gasteiger partial charge in [-0.25, -0.2) is 0 Å². The van der Waals surface area contributed by atoms with E-state index in [4.69, 9.17) is 5.73 Å². The topological polar surface area (TPSA) is 55.1 Å². The summed E-state index contributed by atoms with van der Waals surface area (Å²) >= 11 is 0. The van der Waals surface area contributed by atoms with Crippen LogP contribution in [0.3, 0.4) is 0 Å². The van der Waals surface area contributed by atoms with Crippen LogP contribution in [0.15, 0.2) is 0 Å². The van der Waals surface area contributed by atoms with Crippen molar-refractivity contribution in [3.8, 4) is 0 Å². The van der Waals surface area contributed by atoms with Crippen LogP contribution < -0.4 is 11.1 Å². The molecule has 2 aliphatic rings. The fourth-order valence-corrected chi connectivity index (χ4v) is 3.79. The Labute approximate surface area is 111 Å². The van der Waals surface area contributed by atoms with E-state index >= 15 is 0 Å². The largest absolute Gasteiger partial charge is 0.355 e. The van der Waals surface area contributed by atoms with Crippen molar-refractivity contribution in [1.29, 1.82) is 0 Å². The molecule has 3 nitrogen and oxygen atoms in total. The summed E-state index contributed by atoms with van der Waals surface area (Å²) in [6.07, 6.45) is 9.76. The third-order valence-corrected chi connectivity index (χ3v) is 5.13. The second-order valence-corrected chi connectivity index (χ2v) is 6.35. The van der Waals surface area contributed by atoms with E-state index in [9.17, 15) is 4.79 Å². The number of amides is 1. The highest BCUT2D eigenvalue weighted by molar-refractivity contribution is 5.79. The van der Waals surface area contributed by atoms with Crippen LogP contribution in [0.1, 0.15) is 58.3 Å². The summed E-state index contributed by atoms with van der Waals surface area (Å²) in [5.74, 6) is 0.882. The van der Waals surface area contributed by atoms with Crippen molar-refractivity contribution < 1.29 is 4.79 Å². The first-order chi connectivity index (χ1) is 8.71. The molecule has 0 aliphatic heterocycles. The van der Waals surface area contributed by atoms with Crippen molar-refractivity contribution in [3.63, 3.8) is 0 Å². The Morgan fingerprint density at radius 2 is 2.11 bits per heavy atom. The van der Waals surface area contributed by atoms with E-state index in [2.05, 4.69) is 12.2 Å². The normalized spacial score (nSPS) is 29.9. The van der Waals surface area contributed by atoms with Gasteiger partial charge in [0.05, 0.1) is 0 Å². The fraction of sp³-hybridized carbons (Fsp3) is 0.933. The summed E-state index contributed by atoms with van der Waals surface area (Å²) in [7, 11) is 0. The first-order valence-corrected chi connectivity index (χ1v) is 7.68. The van der Waals surface area contributed by atoms with Gasteiger partial charge in [-0.2, -0.15) is 0 Å². The van der Waals surface area contributed by atoms with Gasteiger partial charge in [0.2, 0.25) is 5.91 Å². The van der Waals surface area contributed by atoms with Gasteiger partial charge >= 0.3 is 0 Å². The highest BCUT2D eigenvalue weighted by atomic mass is 16.1. The van der Waals surface area contributed by atoms with E-state index in [1.165, 1.54) is 38.5 Å².